The highest BCUT2D eigenvalue weighted by molar-refractivity contribution is 5.46. The largest absolute Gasteiger partial charge is 0.358 e. The van der Waals surface area contributed by atoms with Crippen LogP contribution in [-0.2, 0) is 6.54 Å². The van der Waals surface area contributed by atoms with Gasteiger partial charge in [-0.3, -0.25) is 0 Å². The fourth-order valence-corrected chi connectivity index (χ4v) is 3.02. The lowest BCUT2D eigenvalue weighted by Gasteiger charge is -2.49. The standard InChI is InChI=1S/C16H28N4/c1-5-17-12-14-8-6-11-18-15(14)20(4)13-16(19(2)3)9-7-10-16/h6,8,11,17H,5,7,9-10,12-13H2,1-4H3. The lowest BCUT2D eigenvalue weighted by Crippen LogP contribution is -2.57. The molecule has 1 saturated carbocycles. The lowest BCUT2D eigenvalue weighted by molar-refractivity contribution is 0.0681. The Bertz CT molecular complexity index is 426. The highest BCUT2D eigenvalue weighted by Crippen LogP contribution is 2.37. The summed E-state index contributed by atoms with van der Waals surface area (Å²) < 4.78 is 0. The van der Waals surface area contributed by atoms with E-state index in [1.54, 1.807) is 0 Å². The molecular weight excluding hydrogens is 248 g/mol. The molecule has 0 aliphatic heterocycles. The van der Waals surface area contributed by atoms with Crippen molar-refractivity contribution in [3.63, 3.8) is 0 Å². The van der Waals surface area contributed by atoms with Gasteiger partial charge in [-0.25, -0.2) is 4.98 Å². The first-order chi connectivity index (χ1) is 9.59. The maximum absolute atomic E-state index is 4.60. The Morgan fingerprint density at radius 2 is 2.05 bits per heavy atom. The van der Waals surface area contributed by atoms with Crippen LogP contribution in [0.1, 0.15) is 31.7 Å². The number of pyridine rings is 1. The zero-order valence-corrected chi connectivity index (χ0v) is 13.3. The van der Waals surface area contributed by atoms with Gasteiger partial charge in [0.1, 0.15) is 5.82 Å². The van der Waals surface area contributed by atoms with Crippen molar-refractivity contribution in [3.8, 4) is 0 Å². The first kappa shape index (κ1) is 15.3. The van der Waals surface area contributed by atoms with Crippen LogP contribution in [-0.4, -0.2) is 49.7 Å². The SMILES string of the molecule is CCNCc1cccnc1N(C)CC1(N(C)C)CCC1. The van der Waals surface area contributed by atoms with Gasteiger partial charge < -0.3 is 15.1 Å². The van der Waals surface area contributed by atoms with Crippen LogP contribution in [0.2, 0.25) is 0 Å². The van der Waals surface area contributed by atoms with Gasteiger partial charge in [-0.2, -0.15) is 0 Å². The predicted octanol–water partition coefficient (Wildman–Crippen LogP) is 2.11. The first-order valence-corrected chi connectivity index (χ1v) is 7.62. The van der Waals surface area contributed by atoms with E-state index in [2.05, 4.69) is 54.2 Å². The summed E-state index contributed by atoms with van der Waals surface area (Å²) in [7, 11) is 6.57. The van der Waals surface area contributed by atoms with E-state index in [9.17, 15) is 0 Å². The Morgan fingerprint density at radius 1 is 1.30 bits per heavy atom. The molecule has 0 unspecified atom stereocenters. The summed E-state index contributed by atoms with van der Waals surface area (Å²) in [6.07, 6.45) is 5.82. The van der Waals surface area contributed by atoms with Crippen LogP contribution in [0.3, 0.4) is 0 Å². The van der Waals surface area contributed by atoms with E-state index in [4.69, 9.17) is 0 Å². The maximum Gasteiger partial charge on any atom is 0.132 e. The van der Waals surface area contributed by atoms with E-state index < -0.39 is 0 Å². The van der Waals surface area contributed by atoms with Gasteiger partial charge in [0.25, 0.3) is 0 Å². The third-order valence-corrected chi connectivity index (χ3v) is 4.56. The fraction of sp³-hybridized carbons (Fsp3) is 0.688. The van der Waals surface area contributed by atoms with Crippen molar-refractivity contribution in [1.29, 1.82) is 0 Å². The molecule has 0 radical (unpaired) electrons. The number of nitrogens with zero attached hydrogens (tertiary/aromatic N) is 3. The molecule has 1 aromatic heterocycles. The average molecular weight is 276 g/mol. The summed E-state index contributed by atoms with van der Waals surface area (Å²) >= 11 is 0. The van der Waals surface area contributed by atoms with Crippen LogP contribution < -0.4 is 10.2 Å². The average Bonchev–Trinajstić information content (AvgIpc) is 2.40. The molecular formula is C16H28N4. The molecule has 4 heteroatoms. The minimum atomic E-state index is 0.335. The molecule has 0 aromatic carbocycles. The molecule has 0 saturated heterocycles. The molecule has 4 nitrogen and oxygen atoms in total. The number of aromatic nitrogens is 1. The Kier molecular flexibility index (Phi) is 5.00. The van der Waals surface area contributed by atoms with Crippen LogP contribution in [0.5, 0.6) is 0 Å². The maximum atomic E-state index is 4.60. The molecule has 1 aromatic rings. The lowest BCUT2D eigenvalue weighted by atomic mass is 9.75. The number of rotatable bonds is 7. The van der Waals surface area contributed by atoms with Gasteiger partial charge in [0.05, 0.1) is 0 Å². The Hall–Kier alpha value is -1.13. The summed E-state index contributed by atoms with van der Waals surface area (Å²) in [5.41, 5.74) is 1.62. The molecule has 1 fully saturated rings. The summed E-state index contributed by atoms with van der Waals surface area (Å²) in [5, 5.41) is 3.40. The van der Waals surface area contributed by atoms with Gasteiger partial charge in [0.2, 0.25) is 0 Å². The highest BCUT2D eigenvalue weighted by atomic mass is 15.2. The number of hydrogen-bond acceptors (Lipinski definition) is 4. The van der Waals surface area contributed by atoms with E-state index in [-0.39, 0.29) is 0 Å². The van der Waals surface area contributed by atoms with Crippen molar-refractivity contribution < 1.29 is 0 Å². The fourth-order valence-electron chi connectivity index (χ4n) is 3.02. The number of likely N-dealkylation sites (N-methyl/N-ethyl adjacent to an activating group) is 2. The van der Waals surface area contributed by atoms with Crippen LogP contribution in [0.4, 0.5) is 5.82 Å². The first-order valence-electron chi connectivity index (χ1n) is 7.62. The van der Waals surface area contributed by atoms with E-state index in [1.165, 1.54) is 24.8 Å². The van der Waals surface area contributed by atoms with Crippen molar-refractivity contribution in [1.82, 2.24) is 15.2 Å². The van der Waals surface area contributed by atoms with Crippen molar-refractivity contribution >= 4 is 5.82 Å². The molecule has 1 aliphatic rings. The van der Waals surface area contributed by atoms with E-state index in [1.807, 2.05) is 12.3 Å². The van der Waals surface area contributed by atoms with Gasteiger partial charge in [-0.05, 0) is 46.0 Å². The Labute approximate surface area is 123 Å². The number of hydrogen-bond donors (Lipinski definition) is 1. The molecule has 0 atom stereocenters. The molecule has 20 heavy (non-hydrogen) atoms. The van der Waals surface area contributed by atoms with Gasteiger partial charge in [-0.15, -0.1) is 0 Å². The molecule has 0 bridgehead atoms. The van der Waals surface area contributed by atoms with Gasteiger partial charge in [-0.1, -0.05) is 13.0 Å². The molecule has 2 rings (SSSR count). The third-order valence-electron chi connectivity index (χ3n) is 4.56. The highest BCUT2D eigenvalue weighted by Gasteiger charge is 2.40. The smallest absolute Gasteiger partial charge is 0.132 e. The normalized spacial score (nSPS) is 17.1. The topological polar surface area (TPSA) is 31.4 Å². The molecule has 1 heterocycles. The van der Waals surface area contributed by atoms with Crippen molar-refractivity contribution in [2.45, 2.75) is 38.3 Å². The summed E-state index contributed by atoms with van der Waals surface area (Å²) in [5.74, 6) is 1.11. The monoisotopic (exact) mass is 276 g/mol. The van der Waals surface area contributed by atoms with E-state index in [0.29, 0.717) is 5.54 Å². The van der Waals surface area contributed by atoms with Crippen molar-refractivity contribution in [3.05, 3.63) is 23.9 Å². The van der Waals surface area contributed by atoms with Crippen LogP contribution in [0.15, 0.2) is 18.3 Å². The molecule has 0 amide bonds. The second-order valence-electron chi connectivity index (χ2n) is 6.09. The molecule has 112 valence electrons. The number of nitrogens with one attached hydrogen (secondary N) is 1. The van der Waals surface area contributed by atoms with Gasteiger partial charge in [0, 0.05) is 37.4 Å². The summed E-state index contributed by atoms with van der Waals surface area (Å²) in [6.45, 7) is 5.06. The van der Waals surface area contributed by atoms with Crippen molar-refractivity contribution in [2.24, 2.45) is 0 Å². The zero-order valence-electron chi connectivity index (χ0n) is 13.3. The summed E-state index contributed by atoms with van der Waals surface area (Å²) in [6, 6.07) is 4.19. The zero-order chi connectivity index (χ0) is 14.6. The Balaban J connectivity index is 2.10. The van der Waals surface area contributed by atoms with Crippen LogP contribution in [0.25, 0.3) is 0 Å². The van der Waals surface area contributed by atoms with Gasteiger partial charge >= 0.3 is 0 Å². The van der Waals surface area contributed by atoms with Crippen LogP contribution >= 0.6 is 0 Å². The van der Waals surface area contributed by atoms with Gasteiger partial charge in [0.15, 0.2) is 0 Å². The van der Waals surface area contributed by atoms with Crippen molar-refractivity contribution in [2.75, 3.05) is 39.1 Å². The molecule has 0 spiro atoms. The number of anilines is 1. The van der Waals surface area contributed by atoms with E-state index >= 15 is 0 Å². The third kappa shape index (κ3) is 3.13. The Morgan fingerprint density at radius 3 is 2.60 bits per heavy atom. The minimum Gasteiger partial charge on any atom is -0.358 e. The molecule has 1 N–H and O–H groups in total. The second kappa shape index (κ2) is 6.55. The quantitative estimate of drug-likeness (QED) is 0.826. The molecule has 1 aliphatic carbocycles. The second-order valence-corrected chi connectivity index (χ2v) is 6.09. The minimum absolute atomic E-state index is 0.335. The predicted molar refractivity (Wildman–Crippen MR) is 85.2 cm³/mol. The summed E-state index contributed by atoms with van der Waals surface area (Å²) in [4.78, 5) is 9.31. The van der Waals surface area contributed by atoms with Crippen LogP contribution in [0, 0.1) is 0 Å². The van der Waals surface area contributed by atoms with E-state index in [0.717, 1.165) is 25.5 Å².